The number of hydroxylamine groups is 3. The minimum absolute atomic E-state index is 0.558. The molecule has 0 aromatic rings. The predicted octanol–water partition coefficient (Wildman–Crippen LogP) is -2.08. The zero-order chi connectivity index (χ0) is 12.3. The molecule has 0 fully saturated rings. The van der Waals surface area contributed by atoms with Crippen molar-refractivity contribution in [1.82, 2.24) is 16.4 Å². The molecule has 0 aliphatic rings. The molecule has 0 heterocycles. The normalized spacial score (nSPS) is 9.87. The lowest BCUT2D eigenvalue weighted by Gasteiger charge is -2.07. The van der Waals surface area contributed by atoms with E-state index < -0.39 is 18.2 Å². The first-order chi connectivity index (χ1) is 6.97. The van der Waals surface area contributed by atoms with Gasteiger partial charge in [-0.1, -0.05) is 0 Å². The van der Waals surface area contributed by atoms with E-state index in [1.54, 1.807) is 0 Å². The van der Waals surface area contributed by atoms with Crippen LogP contribution in [0, 0.1) is 0 Å². The second-order valence-corrected chi connectivity index (χ2v) is 1.83. The second kappa shape index (κ2) is 10.5. The van der Waals surface area contributed by atoms with Crippen LogP contribution in [0.3, 0.4) is 0 Å². The van der Waals surface area contributed by atoms with Crippen LogP contribution in [0.4, 0.5) is 0 Å². The van der Waals surface area contributed by atoms with Crippen molar-refractivity contribution in [2.24, 2.45) is 0 Å². The van der Waals surface area contributed by atoms with Gasteiger partial charge in [-0.15, -0.1) is 0 Å². The van der Waals surface area contributed by atoms with Crippen LogP contribution in [0.5, 0.6) is 0 Å². The number of aliphatic carboxylic acids is 2. The summed E-state index contributed by atoms with van der Waals surface area (Å²) in [5, 5.41) is 39.1. The highest BCUT2D eigenvalue weighted by Crippen LogP contribution is 1.70. The SMILES string of the molecule is O=C(O)/C=C\C(=O)O.ONC(NO)NO. The summed E-state index contributed by atoms with van der Waals surface area (Å²) in [5.41, 5.74) is 4.44. The molecular formula is C5H11N3O7. The van der Waals surface area contributed by atoms with Crippen LogP contribution >= 0.6 is 0 Å². The third-order valence-corrected chi connectivity index (χ3v) is 0.756. The first-order valence-corrected chi connectivity index (χ1v) is 3.30. The van der Waals surface area contributed by atoms with Gasteiger partial charge in [0.25, 0.3) is 0 Å². The number of nitrogens with one attached hydrogen (secondary N) is 3. The fourth-order valence-corrected chi connectivity index (χ4v) is 0.229. The first kappa shape index (κ1) is 15.9. The Labute approximate surface area is 83.3 Å². The topological polar surface area (TPSA) is 171 Å². The van der Waals surface area contributed by atoms with E-state index in [4.69, 9.17) is 25.8 Å². The van der Waals surface area contributed by atoms with Gasteiger partial charge < -0.3 is 25.8 Å². The van der Waals surface area contributed by atoms with Gasteiger partial charge in [-0.05, 0) is 0 Å². The Bertz CT molecular complexity index is 193. The molecule has 0 spiro atoms. The number of carboxylic acids is 2. The van der Waals surface area contributed by atoms with Crippen LogP contribution in [0.2, 0.25) is 0 Å². The summed E-state index contributed by atoms with van der Waals surface area (Å²) in [5.74, 6) is -2.51. The van der Waals surface area contributed by atoms with E-state index in [9.17, 15) is 9.59 Å². The smallest absolute Gasteiger partial charge is 0.328 e. The van der Waals surface area contributed by atoms with Crippen molar-refractivity contribution < 1.29 is 35.4 Å². The van der Waals surface area contributed by atoms with Gasteiger partial charge in [0.15, 0.2) is 6.29 Å². The minimum Gasteiger partial charge on any atom is -0.478 e. The van der Waals surface area contributed by atoms with Crippen molar-refractivity contribution in [2.45, 2.75) is 6.29 Å². The van der Waals surface area contributed by atoms with Crippen LogP contribution < -0.4 is 16.4 Å². The summed E-state index contributed by atoms with van der Waals surface area (Å²) in [6, 6.07) is 0. The van der Waals surface area contributed by atoms with Crippen molar-refractivity contribution >= 4 is 11.9 Å². The van der Waals surface area contributed by atoms with E-state index in [1.807, 2.05) is 0 Å². The molecule has 0 bridgehead atoms. The molecule has 0 aliphatic carbocycles. The van der Waals surface area contributed by atoms with Crippen LogP contribution in [0.1, 0.15) is 0 Å². The van der Waals surface area contributed by atoms with Gasteiger partial charge in [0.05, 0.1) is 0 Å². The lowest BCUT2D eigenvalue weighted by molar-refractivity contribution is -0.134. The lowest BCUT2D eigenvalue weighted by atomic mass is 10.5. The molecule has 15 heavy (non-hydrogen) atoms. The molecule has 0 unspecified atom stereocenters. The molecule has 10 heteroatoms. The number of carbonyl (C=O) groups is 2. The number of rotatable bonds is 5. The van der Waals surface area contributed by atoms with Crippen LogP contribution in [0.15, 0.2) is 12.2 Å². The van der Waals surface area contributed by atoms with Crippen LogP contribution in [0.25, 0.3) is 0 Å². The summed E-state index contributed by atoms with van der Waals surface area (Å²) in [4.78, 5) is 19.1. The molecule has 0 aliphatic heterocycles. The van der Waals surface area contributed by atoms with Crippen molar-refractivity contribution in [2.75, 3.05) is 0 Å². The van der Waals surface area contributed by atoms with Crippen molar-refractivity contribution in [3.63, 3.8) is 0 Å². The van der Waals surface area contributed by atoms with E-state index in [2.05, 4.69) is 0 Å². The third kappa shape index (κ3) is 15.2. The number of carboxylic acid groups (broad SMARTS) is 2. The monoisotopic (exact) mass is 225 g/mol. The quantitative estimate of drug-likeness (QED) is 0.147. The predicted molar refractivity (Wildman–Crippen MR) is 43.0 cm³/mol. The van der Waals surface area contributed by atoms with Crippen molar-refractivity contribution in [3.8, 4) is 0 Å². The first-order valence-electron chi connectivity index (χ1n) is 3.30. The fourth-order valence-electron chi connectivity index (χ4n) is 0.229. The van der Waals surface area contributed by atoms with Gasteiger partial charge in [0, 0.05) is 12.2 Å². The standard InChI is InChI=1S/C4H4O4.CH7N3O3/c5-3(6)1-2-4(7)8;5-2-1(3-6)4-7/h1-2H,(H,5,6)(H,7,8);1-7H/b2-1-;. The fraction of sp³-hybridized carbons (Fsp3) is 0.200. The highest BCUT2D eigenvalue weighted by Gasteiger charge is 1.96. The molecule has 0 saturated carbocycles. The molecule has 0 aromatic heterocycles. The molecule has 0 amide bonds. The summed E-state index contributed by atoms with van der Waals surface area (Å²) < 4.78 is 0. The Morgan fingerprint density at radius 2 is 1.13 bits per heavy atom. The molecular weight excluding hydrogens is 214 g/mol. The summed E-state index contributed by atoms with van der Waals surface area (Å²) in [7, 11) is 0. The Morgan fingerprint density at radius 1 is 0.867 bits per heavy atom. The summed E-state index contributed by atoms with van der Waals surface area (Å²) in [6.07, 6.45) is 0.0185. The Hall–Kier alpha value is -1.56. The maximum atomic E-state index is 9.55. The highest BCUT2D eigenvalue weighted by molar-refractivity contribution is 5.89. The minimum atomic E-state index is -1.26. The van der Waals surface area contributed by atoms with Gasteiger partial charge >= 0.3 is 11.9 Å². The van der Waals surface area contributed by atoms with E-state index in [0.717, 1.165) is 0 Å². The Balaban J connectivity index is 0. The Morgan fingerprint density at radius 3 is 1.20 bits per heavy atom. The molecule has 88 valence electrons. The van der Waals surface area contributed by atoms with E-state index >= 15 is 0 Å². The lowest BCUT2D eigenvalue weighted by Crippen LogP contribution is -2.48. The molecule has 0 atom stereocenters. The highest BCUT2D eigenvalue weighted by atomic mass is 16.5. The summed E-state index contributed by atoms with van der Waals surface area (Å²) >= 11 is 0. The van der Waals surface area contributed by atoms with Gasteiger partial charge in [0.2, 0.25) is 0 Å². The van der Waals surface area contributed by atoms with E-state index in [-0.39, 0.29) is 0 Å². The van der Waals surface area contributed by atoms with E-state index in [1.165, 1.54) is 16.4 Å². The average Bonchev–Trinajstić information content (AvgIpc) is 2.18. The van der Waals surface area contributed by atoms with Crippen molar-refractivity contribution in [1.29, 1.82) is 0 Å². The summed E-state index contributed by atoms with van der Waals surface area (Å²) in [6.45, 7) is 0. The van der Waals surface area contributed by atoms with Gasteiger partial charge in [-0.3, -0.25) is 0 Å². The number of hydrogen-bond acceptors (Lipinski definition) is 8. The average molecular weight is 225 g/mol. The van der Waals surface area contributed by atoms with Crippen LogP contribution in [-0.4, -0.2) is 44.1 Å². The third-order valence-electron chi connectivity index (χ3n) is 0.756. The molecule has 0 saturated heterocycles. The zero-order valence-electron chi connectivity index (χ0n) is 7.28. The van der Waals surface area contributed by atoms with E-state index in [0.29, 0.717) is 12.2 Å². The zero-order valence-corrected chi connectivity index (χ0v) is 7.28. The molecule has 10 nitrogen and oxygen atoms in total. The Kier molecular flexibility index (Phi) is 11.1. The second-order valence-electron chi connectivity index (χ2n) is 1.83. The number of hydrogen-bond donors (Lipinski definition) is 8. The molecule has 0 aromatic carbocycles. The van der Waals surface area contributed by atoms with Crippen LogP contribution in [-0.2, 0) is 9.59 Å². The maximum absolute atomic E-state index is 9.55. The molecule has 0 radical (unpaired) electrons. The molecule has 0 rings (SSSR count). The van der Waals surface area contributed by atoms with Gasteiger partial charge in [0.1, 0.15) is 0 Å². The van der Waals surface area contributed by atoms with Gasteiger partial charge in [-0.2, -0.15) is 16.4 Å². The largest absolute Gasteiger partial charge is 0.478 e. The van der Waals surface area contributed by atoms with Gasteiger partial charge in [-0.25, -0.2) is 9.59 Å². The molecule has 8 N–H and O–H groups in total. The maximum Gasteiger partial charge on any atom is 0.328 e. The van der Waals surface area contributed by atoms with Crippen molar-refractivity contribution in [3.05, 3.63) is 12.2 Å².